The summed E-state index contributed by atoms with van der Waals surface area (Å²) in [5, 5.41) is 36.3. The van der Waals surface area contributed by atoms with Crippen LogP contribution < -0.4 is 9.47 Å². The van der Waals surface area contributed by atoms with Gasteiger partial charge in [0.25, 0.3) is 5.69 Å². The number of nitro benzene ring substituents is 1. The molecule has 2 heterocycles. The van der Waals surface area contributed by atoms with Gasteiger partial charge in [-0.3, -0.25) is 14.9 Å². The van der Waals surface area contributed by atoms with Crippen LogP contribution in [0.5, 0.6) is 17.2 Å². The van der Waals surface area contributed by atoms with Crippen molar-refractivity contribution < 1.29 is 43.7 Å². The molecule has 0 aromatic heterocycles. The maximum Gasteiger partial charge on any atom is 0.269 e. The predicted octanol–water partition coefficient (Wildman–Crippen LogP) is 10.1. The van der Waals surface area contributed by atoms with E-state index in [1.165, 1.54) is 23.8 Å². The number of nitro groups is 1. The van der Waals surface area contributed by atoms with Gasteiger partial charge in [0.15, 0.2) is 0 Å². The first-order valence-electron chi connectivity index (χ1n) is 23.4. The minimum atomic E-state index is -1.42. The fraction of sp³-hybridized carbons (Fsp3) is 0.500. The SMILES string of the molecule is C=CCO[C@@]12Oc3ccc(Oc4ccc(C)c(C)c4)cc3[C@H]3[C@H](CCCCO)[C@@H](CCCCO)C=C(C(=NOC4CCCCO4)C[C@@H]1N(CCC)C(=O)C=Cc1ccc([N+](=O)[O-])cc1)[C@H]32. The fourth-order valence-corrected chi connectivity index (χ4v) is 10.2. The van der Waals surface area contributed by atoms with Gasteiger partial charge < -0.3 is 38.9 Å². The molecule has 1 amide bonds. The fourth-order valence-electron chi connectivity index (χ4n) is 10.2. The van der Waals surface area contributed by atoms with Crippen LogP contribution in [0.25, 0.3) is 6.08 Å². The number of aryl methyl sites for hydroxylation is 2. The zero-order chi connectivity index (χ0) is 45.9. The minimum Gasteiger partial charge on any atom is -0.459 e. The number of rotatable bonds is 21. The number of unbranched alkanes of at least 4 members (excludes halogenated alkanes) is 2. The number of hydrogen-bond donors (Lipinski definition) is 2. The molecule has 0 spiro atoms. The Morgan fingerprint density at radius 1 is 1.00 bits per heavy atom. The lowest BCUT2D eigenvalue weighted by Gasteiger charge is -2.60. The van der Waals surface area contributed by atoms with Crippen LogP contribution in [0.2, 0.25) is 0 Å². The van der Waals surface area contributed by atoms with Crippen molar-refractivity contribution in [2.45, 2.75) is 115 Å². The van der Waals surface area contributed by atoms with Gasteiger partial charge in [0, 0.05) is 62.3 Å². The summed E-state index contributed by atoms with van der Waals surface area (Å²) in [6.07, 6.45) is 14.8. The minimum absolute atomic E-state index is 0.0351. The van der Waals surface area contributed by atoms with Crippen LogP contribution in [0.15, 0.2) is 96.2 Å². The Balaban J connectivity index is 1.41. The number of aliphatic hydroxyl groups is 2. The molecule has 2 fully saturated rings. The maximum absolute atomic E-state index is 14.8. The third-order valence-corrected chi connectivity index (χ3v) is 13.4. The van der Waals surface area contributed by atoms with Crippen LogP contribution in [-0.2, 0) is 19.1 Å². The van der Waals surface area contributed by atoms with Crippen LogP contribution in [0.4, 0.5) is 5.69 Å². The van der Waals surface area contributed by atoms with Crippen molar-refractivity contribution in [2.24, 2.45) is 22.9 Å². The van der Waals surface area contributed by atoms with Crippen molar-refractivity contribution in [1.82, 2.24) is 4.90 Å². The normalized spacial score (nSPS) is 25.2. The number of allylic oxidation sites excluding steroid dienone is 1. The number of amides is 1. The van der Waals surface area contributed by atoms with Gasteiger partial charge >= 0.3 is 0 Å². The first kappa shape index (κ1) is 47.6. The number of carbonyl (C=O) groups excluding carboxylic acids is 1. The molecule has 13 heteroatoms. The third kappa shape index (κ3) is 10.9. The van der Waals surface area contributed by atoms with Crippen molar-refractivity contribution in [1.29, 1.82) is 0 Å². The van der Waals surface area contributed by atoms with E-state index in [-0.39, 0.29) is 55.6 Å². The molecule has 65 heavy (non-hydrogen) atoms. The molecule has 7 atom stereocenters. The number of fused-ring (bicyclic) bond motifs is 2. The second-order valence-corrected chi connectivity index (χ2v) is 17.7. The van der Waals surface area contributed by atoms with Gasteiger partial charge in [-0.1, -0.05) is 43.1 Å². The highest BCUT2D eigenvalue weighted by Gasteiger charge is 2.65. The molecule has 1 saturated heterocycles. The van der Waals surface area contributed by atoms with E-state index in [2.05, 4.69) is 38.6 Å². The summed E-state index contributed by atoms with van der Waals surface area (Å²) in [6.45, 7) is 11.5. The molecule has 3 aromatic carbocycles. The van der Waals surface area contributed by atoms with E-state index in [4.69, 9.17) is 28.9 Å². The number of carbonyl (C=O) groups is 1. The Labute approximate surface area is 382 Å². The average molecular weight is 892 g/mol. The van der Waals surface area contributed by atoms with E-state index in [9.17, 15) is 25.1 Å². The van der Waals surface area contributed by atoms with E-state index < -0.39 is 29.0 Å². The van der Waals surface area contributed by atoms with E-state index >= 15 is 0 Å². The maximum atomic E-state index is 14.8. The van der Waals surface area contributed by atoms with Crippen LogP contribution in [-0.4, -0.2) is 82.7 Å². The molecule has 4 aliphatic rings. The van der Waals surface area contributed by atoms with Crippen molar-refractivity contribution in [3.8, 4) is 17.2 Å². The highest BCUT2D eigenvalue weighted by atomic mass is 16.8. The van der Waals surface area contributed by atoms with Gasteiger partial charge in [-0.15, -0.1) is 6.58 Å². The quantitative estimate of drug-likeness (QED) is 0.0346. The first-order chi connectivity index (χ1) is 31.6. The Kier molecular flexibility index (Phi) is 16.3. The summed E-state index contributed by atoms with van der Waals surface area (Å²) in [6, 6.07) is 17.4. The molecule has 2 aliphatic heterocycles. The van der Waals surface area contributed by atoms with Gasteiger partial charge in [0.2, 0.25) is 18.0 Å². The van der Waals surface area contributed by atoms with Crippen molar-refractivity contribution in [3.05, 3.63) is 123 Å². The third-order valence-electron chi connectivity index (χ3n) is 13.4. The Morgan fingerprint density at radius 3 is 2.45 bits per heavy atom. The summed E-state index contributed by atoms with van der Waals surface area (Å²) in [5.74, 6) is -0.287. The molecule has 0 radical (unpaired) electrons. The average Bonchev–Trinajstić information content (AvgIpc) is 3.31. The Bertz CT molecular complexity index is 2220. The number of nitrogens with zero attached hydrogens (tertiary/aromatic N) is 3. The standard InChI is InChI=1S/C52H65N3O10/c1-5-26-54(48(58)25-19-37-17-20-39(21-18-37)55(59)60)47-34-45(53-65-49-15-9-12-30-61-49)43-32-38(13-7-10-27-56)42(14-8-11-28-57)50-44-33-41(63-40-22-16-35(3)36(4)31-40)23-24-46(44)64-52(47,51(43)50)62-29-6-2/h6,16-25,31-33,38,42,47,49-51,56-57H,2,5,7-15,26-30,34H2,1,3-4H3/t38-,42+,47-,49?,50+,51+,52+/m0/s1. The molecule has 13 nitrogen and oxygen atoms in total. The largest absolute Gasteiger partial charge is 0.459 e. The highest BCUT2D eigenvalue weighted by molar-refractivity contribution is 6.03. The van der Waals surface area contributed by atoms with Crippen LogP contribution in [0.3, 0.4) is 0 Å². The number of aliphatic hydroxyl groups excluding tert-OH is 2. The van der Waals surface area contributed by atoms with E-state index in [1.807, 2.05) is 36.1 Å². The Hall–Kier alpha value is -5.34. The molecule has 3 aromatic rings. The molecule has 1 saturated carbocycles. The molecule has 0 bridgehead atoms. The van der Waals surface area contributed by atoms with Crippen molar-refractivity contribution >= 4 is 23.4 Å². The highest BCUT2D eigenvalue weighted by Crippen LogP contribution is 2.62. The van der Waals surface area contributed by atoms with Gasteiger partial charge in [-0.25, -0.2) is 0 Å². The van der Waals surface area contributed by atoms with Gasteiger partial charge in [0.05, 0.1) is 29.8 Å². The lowest BCUT2D eigenvalue weighted by molar-refractivity contribution is -0.384. The van der Waals surface area contributed by atoms with Crippen molar-refractivity contribution in [2.75, 3.05) is 33.0 Å². The van der Waals surface area contributed by atoms with Gasteiger partial charge in [0.1, 0.15) is 23.3 Å². The number of hydrogen-bond acceptors (Lipinski definition) is 11. The lowest BCUT2D eigenvalue weighted by Crippen LogP contribution is -2.70. The van der Waals surface area contributed by atoms with E-state index in [1.54, 1.807) is 24.3 Å². The van der Waals surface area contributed by atoms with Gasteiger partial charge in [-0.05, 0) is 141 Å². The van der Waals surface area contributed by atoms with Crippen LogP contribution in [0, 0.1) is 41.7 Å². The monoisotopic (exact) mass is 891 g/mol. The second kappa shape index (κ2) is 22.2. The summed E-state index contributed by atoms with van der Waals surface area (Å²) in [7, 11) is 0. The van der Waals surface area contributed by atoms with Crippen molar-refractivity contribution in [3.63, 3.8) is 0 Å². The van der Waals surface area contributed by atoms with E-state index in [0.29, 0.717) is 61.6 Å². The molecule has 2 aliphatic carbocycles. The van der Waals surface area contributed by atoms with Crippen LogP contribution in [0.1, 0.15) is 106 Å². The van der Waals surface area contributed by atoms with Crippen LogP contribution >= 0.6 is 0 Å². The smallest absolute Gasteiger partial charge is 0.269 e. The zero-order valence-electron chi connectivity index (χ0n) is 38.1. The first-order valence-corrected chi connectivity index (χ1v) is 23.4. The predicted molar refractivity (Wildman–Crippen MR) is 250 cm³/mol. The zero-order valence-corrected chi connectivity index (χ0v) is 38.1. The summed E-state index contributed by atoms with van der Waals surface area (Å²) in [5.41, 5.74) is 5.50. The Morgan fingerprint density at radius 2 is 1.75 bits per heavy atom. The molecule has 2 N–H and O–H groups in total. The van der Waals surface area contributed by atoms with Gasteiger partial charge in [-0.2, -0.15) is 0 Å². The number of oxime groups is 1. The summed E-state index contributed by atoms with van der Waals surface area (Å²) >= 11 is 0. The molecular weight excluding hydrogens is 827 g/mol. The summed E-state index contributed by atoms with van der Waals surface area (Å²) in [4.78, 5) is 33.8. The lowest BCUT2D eigenvalue weighted by atomic mass is 9.55. The number of benzene rings is 3. The number of ether oxygens (including phenoxy) is 4. The summed E-state index contributed by atoms with van der Waals surface area (Å²) < 4.78 is 27.1. The molecule has 348 valence electrons. The number of non-ortho nitro benzene ring substituents is 1. The second-order valence-electron chi connectivity index (χ2n) is 17.7. The molecular formula is C52H65N3O10. The topological polar surface area (TPSA) is 162 Å². The molecule has 7 rings (SSSR count). The van der Waals surface area contributed by atoms with E-state index in [0.717, 1.165) is 61.0 Å². The molecule has 1 unspecified atom stereocenters.